The van der Waals surface area contributed by atoms with E-state index >= 15 is 0 Å². The molecule has 0 heterocycles. The van der Waals surface area contributed by atoms with E-state index in [-0.39, 0.29) is 0 Å². The van der Waals surface area contributed by atoms with Crippen LogP contribution in [0.1, 0.15) is 25.0 Å². The summed E-state index contributed by atoms with van der Waals surface area (Å²) in [4.78, 5) is 1.29. The molecule has 1 nitrogen and oxygen atoms in total. The Morgan fingerprint density at radius 1 is 1.10 bits per heavy atom. The number of benzene rings is 2. The summed E-state index contributed by atoms with van der Waals surface area (Å²) in [7, 11) is 0. The van der Waals surface area contributed by atoms with Crippen LogP contribution in [0.4, 0.5) is 0 Å². The zero-order valence-corrected chi connectivity index (χ0v) is 14.2. The summed E-state index contributed by atoms with van der Waals surface area (Å²) in [5.74, 6) is 1.59. The summed E-state index contributed by atoms with van der Waals surface area (Å²) in [6.45, 7) is 6.43. The molecular weight excluding hydrogens is 298 g/mol. The minimum atomic E-state index is 0.683. The first-order chi connectivity index (χ1) is 10.1. The number of hydrogen-bond acceptors (Lipinski definition) is 2. The number of rotatable bonds is 7. The fourth-order valence-corrected chi connectivity index (χ4v) is 3.29. The molecule has 3 heteroatoms. The molecule has 0 aliphatic heterocycles. The summed E-state index contributed by atoms with van der Waals surface area (Å²) in [5.41, 5.74) is 2.52. The summed E-state index contributed by atoms with van der Waals surface area (Å²) in [6.07, 6.45) is 0. The third-order valence-electron chi connectivity index (χ3n) is 3.13. The lowest BCUT2D eigenvalue weighted by atomic mass is 10.2. The Hall–Kier alpha value is -0.960. The molecule has 0 atom stereocenters. The first-order valence-corrected chi connectivity index (χ1v) is 8.67. The second-order valence-corrected chi connectivity index (χ2v) is 7.01. The van der Waals surface area contributed by atoms with Gasteiger partial charge in [0, 0.05) is 22.2 Å². The molecule has 2 aromatic rings. The van der Waals surface area contributed by atoms with Crippen molar-refractivity contribution in [2.45, 2.75) is 31.0 Å². The molecule has 0 aromatic heterocycles. The highest BCUT2D eigenvalue weighted by Crippen LogP contribution is 2.27. The number of thioether (sulfide) groups is 1. The molecule has 0 unspecified atom stereocenters. The Kier molecular flexibility index (Phi) is 6.62. The van der Waals surface area contributed by atoms with Gasteiger partial charge in [-0.25, -0.2) is 0 Å². The van der Waals surface area contributed by atoms with Gasteiger partial charge in [-0.1, -0.05) is 55.8 Å². The van der Waals surface area contributed by atoms with Crippen LogP contribution in [0, 0.1) is 5.92 Å². The van der Waals surface area contributed by atoms with Crippen LogP contribution < -0.4 is 5.32 Å². The van der Waals surface area contributed by atoms with Crippen LogP contribution in [0.2, 0.25) is 5.02 Å². The van der Waals surface area contributed by atoms with Crippen molar-refractivity contribution in [3.05, 3.63) is 64.7 Å². The zero-order chi connectivity index (χ0) is 15.1. The summed E-state index contributed by atoms with van der Waals surface area (Å²) >= 11 is 8.03. The van der Waals surface area contributed by atoms with Gasteiger partial charge in [-0.05, 0) is 41.8 Å². The van der Waals surface area contributed by atoms with E-state index in [0.29, 0.717) is 5.92 Å². The summed E-state index contributed by atoms with van der Waals surface area (Å²) < 4.78 is 0. The van der Waals surface area contributed by atoms with E-state index in [1.165, 1.54) is 16.0 Å². The van der Waals surface area contributed by atoms with Gasteiger partial charge in [0.15, 0.2) is 0 Å². The predicted molar refractivity (Wildman–Crippen MR) is 94.0 cm³/mol. The molecule has 0 saturated carbocycles. The third kappa shape index (κ3) is 5.74. The highest BCUT2D eigenvalue weighted by molar-refractivity contribution is 7.98. The van der Waals surface area contributed by atoms with Crippen LogP contribution in [0.3, 0.4) is 0 Å². The van der Waals surface area contributed by atoms with Crippen molar-refractivity contribution in [2.24, 2.45) is 5.92 Å². The van der Waals surface area contributed by atoms with E-state index < -0.39 is 0 Å². The maximum atomic E-state index is 6.20. The van der Waals surface area contributed by atoms with Gasteiger partial charge in [0.2, 0.25) is 0 Å². The quantitative estimate of drug-likeness (QED) is 0.688. The van der Waals surface area contributed by atoms with Gasteiger partial charge < -0.3 is 5.32 Å². The lowest BCUT2D eigenvalue weighted by Crippen LogP contribution is -2.18. The molecule has 0 amide bonds. The molecule has 0 saturated heterocycles. The van der Waals surface area contributed by atoms with Gasteiger partial charge in [-0.2, -0.15) is 0 Å². The fraction of sp³-hybridized carbons (Fsp3) is 0.333. The minimum Gasteiger partial charge on any atom is -0.312 e. The Morgan fingerprint density at radius 3 is 2.67 bits per heavy atom. The van der Waals surface area contributed by atoms with E-state index in [2.05, 4.69) is 49.5 Å². The van der Waals surface area contributed by atoms with Crippen LogP contribution in [0.25, 0.3) is 0 Å². The smallest absolute Gasteiger partial charge is 0.0446 e. The Balaban J connectivity index is 1.90. The molecule has 112 valence electrons. The summed E-state index contributed by atoms with van der Waals surface area (Å²) in [6, 6.07) is 16.8. The van der Waals surface area contributed by atoms with Crippen molar-refractivity contribution in [2.75, 3.05) is 6.54 Å². The molecule has 0 spiro atoms. The lowest BCUT2D eigenvalue weighted by molar-refractivity contribution is 0.552. The van der Waals surface area contributed by atoms with Crippen molar-refractivity contribution < 1.29 is 0 Å². The van der Waals surface area contributed by atoms with Crippen molar-refractivity contribution in [1.29, 1.82) is 0 Å². The minimum absolute atomic E-state index is 0.683. The molecule has 0 aliphatic carbocycles. The van der Waals surface area contributed by atoms with Crippen molar-refractivity contribution >= 4 is 23.4 Å². The lowest BCUT2D eigenvalue weighted by Gasteiger charge is -2.09. The Labute approximate surface area is 137 Å². The maximum absolute atomic E-state index is 6.20. The van der Waals surface area contributed by atoms with Gasteiger partial charge >= 0.3 is 0 Å². The van der Waals surface area contributed by atoms with E-state index in [0.717, 1.165) is 23.9 Å². The molecule has 0 fully saturated rings. The molecule has 1 N–H and O–H groups in total. The van der Waals surface area contributed by atoms with E-state index in [1.807, 2.05) is 30.0 Å². The van der Waals surface area contributed by atoms with Gasteiger partial charge in [-0.15, -0.1) is 11.8 Å². The molecule has 0 radical (unpaired) electrons. The van der Waals surface area contributed by atoms with Crippen molar-refractivity contribution in [3.63, 3.8) is 0 Å². The zero-order valence-electron chi connectivity index (χ0n) is 12.6. The first-order valence-electron chi connectivity index (χ1n) is 7.31. The number of nitrogens with one attached hydrogen (secondary N) is 1. The average Bonchev–Trinajstić information content (AvgIpc) is 2.46. The monoisotopic (exact) mass is 319 g/mol. The van der Waals surface area contributed by atoms with Crippen LogP contribution in [0.5, 0.6) is 0 Å². The van der Waals surface area contributed by atoms with Crippen LogP contribution in [-0.4, -0.2) is 6.54 Å². The van der Waals surface area contributed by atoms with Crippen LogP contribution in [0.15, 0.2) is 53.4 Å². The molecule has 0 aliphatic rings. The Bertz CT molecular complexity index is 569. The summed E-state index contributed by atoms with van der Waals surface area (Å²) in [5, 5.41) is 4.33. The highest BCUT2D eigenvalue weighted by Gasteiger charge is 2.02. The van der Waals surface area contributed by atoms with Crippen LogP contribution >= 0.6 is 23.4 Å². The van der Waals surface area contributed by atoms with E-state index in [1.54, 1.807) is 0 Å². The molecule has 21 heavy (non-hydrogen) atoms. The highest BCUT2D eigenvalue weighted by atomic mass is 35.5. The second-order valence-electron chi connectivity index (χ2n) is 5.55. The van der Waals surface area contributed by atoms with Gasteiger partial charge in [0.25, 0.3) is 0 Å². The van der Waals surface area contributed by atoms with E-state index in [9.17, 15) is 0 Å². The Morgan fingerprint density at radius 2 is 1.90 bits per heavy atom. The van der Waals surface area contributed by atoms with Gasteiger partial charge in [-0.3, -0.25) is 0 Å². The number of hydrogen-bond donors (Lipinski definition) is 1. The predicted octanol–water partition coefficient (Wildman–Crippen LogP) is 5.38. The third-order valence-corrected chi connectivity index (χ3v) is 4.54. The fourth-order valence-electron chi connectivity index (χ4n) is 2.03. The topological polar surface area (TPSA) is 12.0 Å². The van der Waals surface area contributed by atoms with Gasteiger partial charge in [0.05, 0.1) is 0 Å². The maximum Gasteiger partial charge on any atom is 0.0446 e. The van der Waals surface area contributed by atoms with E-state index in [4.69, 9.17) is 11.6 Å². The standard InChI is InChI=1S/C18H22ClNS/c1-14(2)11-20-12-15-6-5-8-17(10-15)21-13-16-7-3-4-9-18(16)19/h3-10,14,20H,11-13H2,1-2H3. The first kappa shape index (κ1) is 16.4. The van der Waals surface area contributed by atoms with Crippen LogP contribution in [-0.2, 0) is 12.3 Å². The molecular formula is C18H22ClNS. The van der Waals surface area contributed by atoms with Crippen molar-refractivity contribution in [3.8, 4) is 0 Å². The largest absolute Gasteiger partial charge is 0.312 e. The molecule has 2 rings (SSSR count). The molecule has 2 aromatic carbocycles. The van der Waals surface area contributed by atoms with Gasteiger partial charge in [0.1, 0.15) is 0 Å². The van der Waals surface area contributed by atoms with Crippen molar-refractivity contribution in [1.82, 2.24) is 5.32 Å². The SMILES string of the molecule is CC(C)CNCc1cccc(SCc2ccccc2Cl)c1. The molecule has 0 bridgehead atoms. The normalized spacial score (nSPS) is 11.0. The number of halogens is 1. The second kappa shape index (κ2) is 8.47. The average molecular weight is 320 g/mol.